The summed E-state index contributed by atoms with van der Waals surface area (Å²) in [5.74, 6) is -1.59. The standard InChI is InChI=1S/C18H24FN3O3/c1-12(2)16(20-17(24)14-6-4-5-7-15(14)19)18(25)22-10-8-21(9-11-22)13(3)23/h4-7,12,16H,8-11H2,1-3H3,(H,20,24). The van der Waals surface area contributed by atoms with Crippen molar-refractivity contribution >= 4 is 17.7 Å². The van der Waals surface area contributed by atoms with Gasteiger partial charge in [-0.2, -0.15) is 0 Å². The average Bonchev–Trinajstić information content (AvgIpc) is 2.59. The van der Waals surface area contributed by atoms with Gasteiger partial charge in [0.2, 0.25) is 11.8 Å². The van der Waals surface area contributed by atoms with Crippen LogP contribution in [0.3, 0.4) is 0 Å². The van der Waals surface area contributed by atoms with Crippen LogP contribution in [0, 0.1) is 11.7 Å². The van der Waals surface area contributed by atoms with Crippen LogP contribution in [-0.2, 0) is 9.59 Å². The van der Waals surface area contributed by atoms with Crippen LogP contribution < -0.4 is 5.32 Å². The third-order valence-corrected chi connectivity index (χ3v) is 4.37. The Morgan fingerprint density at radius 1 is 1.04 bits per heavy atom. The van der Waals surface area contributed by atoms with E-state index < -0.39 is 17.8 Å². The molecule has 2 rings (SSSR count). The van der Waals surface area contributed by atoms with E-state index in [9.17, 15) is 18.8 Å². The summed E-state index contributed by atoms with van der Waals surface area (Å²) >= 11 is 0. The molecule has 1 heterocycles. The number of hydrogen-bond donors (Lipinski definition) is 1. The monoisotopic (exact) mass is 349 g/mol. The van der Waals surface area contributed by atoms with Crippen molar-refractivity contribution in [2.75, 3.05) is 26.2 Å². The quantitative estimate of drug-likeness (QED) is 0.890. The summed E-state index contributed by atoms with van der Waals surface area (Å²) in [5, 5.41) is 2.65. The minimum atomic E-state index is -0.740. The maximum atomic E-state index is 13.8. The maximum absolute atomic E-state index is 13.8. The van der Waals surface area contributed by atoms with Crippen molar-refractivity contribution < 1.29 is 18.8 Å². The van der Waals surface area contributed by atoms with E-state index in [0.717, 1.165) is 0 Å². The molecule has 1 aromatic rings. The first kappa shape index (κ1) is 18.9. The second-order valence-electron chi connectivity index (χ2n) is 6.51. The van der Waals surface area contributed by atoms with Crippen molar-refractivity contribution in [1.29, 1.82) is 0 Å². The Morgan fingerprint density at radius 2 is 1.60 bits per heavy atom. The number of benzene rings is 1. The van der Waals surface area contributed by atoms with Crippen LogP contribution in [0.15, 0.2) is 24.3 Å². The molecule has 0 spiro atoms. The van der Waals surface area contributed by atoms with Gasteiger partial charge < -0.3 is 15.1 Å². The fourth-order valence-electron chi connectivity index (χ4n) is 2.82. The lowest BCUT2D eigenvalue weighted by Crippen LogP contribution is -2.57. The van der Waals surface area contributed by atoms with E-state index in [1.54, 1.807) is 15.9 Å². The van der Waals surface area contributed by atoms with Crippen LogP contribution in [-0.4, -0.2) is 59.7 Å². The zero-order valence-electron chi connectivity index (χ0n) is 14.8. The molecule has 136 valence electrons. The van der Waals surface area contributed by atoms with Gasteiger partial charge in [-0.1, -0.05) is 26.0 Å². The van der Waals surface area contributed by atoms with E-state index in [2.05, 4.69) is 5.32 Å². The number of hydrogen-bond acceptors (Lipinski definition) is 3. The van der Waals surface area contributed by atoms with Crippen molar-refractivity contribution in [1.82, 2.24) is 15.1 Å². The molecule has 0 radical (unpaired) electrons. The van der Waals surface area contributed by atoms with Crippen molar-refractivity contribution in [3.8, 4) is 0 Å². The molecule has 0 aliphatic carbocycles. The van der Waals surface area contributed by atoms with Crippen molar-refractivity contribution in [3.05, 3.63) is 35.6 Å². The fraction of sp³-hybridized carbons (Fsp3) is 0.500. The highest BCUT2D eigenvalue weighted by atomic mass is 19.1. The first-order chi connectivity index (χ1) is 11.8. The maximum Gasteiger partial charge on any atom is 0.254 e. The summed E-state index contributed by atoms with van der Waals surface area (Å²) in [5.41, 5.74) is -0.0812. The summed E-state index contributed by atoms with van der Waals surface area (Å²) < 4.78 is 13.8. The molecule has 25 heavy (non-hydrogen) atoms. The van der Waals surface area contributed by atoms with Gasteiger partial charge in [-0.3, -0.25) is 14.4 Å². The Labute approximate surface area is 147 Å². The number of piperazine rings is 1. The summed E-state index contributed by atoms with van der Waals surface area (Å²) in [6, 6.07) is 4.94. The van der Waals surface area contributed by atoms with Crippen LogP contribution in [0.5, 0.6) is 0 Å². The highest BCUT2D eigenvalue weighted by Crippen LogP contribution is 2.12. The molecule has 0 saturated carbocycles. The molecule has 1 atom stereocenters. The van der Waals surface area contributed by atoms with Gasteiger partial charge in [-0.15, -0.1) is 0 Å². The van der Waals surface area contributed by atoms with Crippen LogP contribution >= 0.6 is 0 Å². The van der Waals surface area contributed by atoms with Gasteiger partial charge in [0.15, 0.2) is 0 Å². The number of carbonyl (C=O) groups is 3. The Hall–Kier alpha value is -2.44. The normalized spacial score (nSPS) is 15.9. The highest BCUT2D eigenvalue weighted by molar-refractivity contribution is 5.97. The molecule has 0 bridgehead atoms. The molecule has 0 aromatic heterocycles. The molecular formula is C18H24FN3O3. The predicted octanol–water partition coefficient (Wildman–Crippen LogP) is 1.27. The number of amides is 3. The van der Waals surface area contributed by atoms with Crippen molar-refractivity contribution in [2.45, 2.75) is 26.8 Å². The van der Waals surface area contributed by atoms with Crippen molar-refractivity contribution in [3.63, 3.8) is 0 Å². The average molecular weight is 349 g/mol. The van der Waals surface area contributed by atoms with Crippen LogP contribution in [0.4, 0.5) is 4.39 Å². The predicted molar refractivity (Wildman–Crippen MR) is 91.3 cm³/mol. The summed E-state index contributed by atoms with van der Waals surface area (Å²) in [6.45, 7) is 6.98. The van der Waals surface area contributed by atoms with E-state index >= 15 is 0 Å². The highest BCUT2D eigenvalue weighted by Gasteiger charge is 2.31. The Bertz CT molecular complexity index is 655. The Kier molecular flexibility index (Phi) is 6.12. The van der Waals surface area contributed by atoms with E-state index in [4.69, 9.17) is 0 Å². The fourth-order valence-corrected chi connectivity index (χ4v) is 2.82. The summed E-state index contributed by atoms with van der Waals surface area (Å²) in [7, 11) is 0. The lowest BCUT2D eigenvalue weighted by molar-refractivity contribution is -0.140. The van der Waals surface area contributed by atoms with Crippen molar-refractivity contribution in [2.24, 2.45) is 5.92 Å². The van der Waals surface area contributed by atoms with E-state index in [0.29, 0.717) is 26.2 Å². The molecule has 1 aliphatic rings. The lowest BCUT2D eigenvalue weighted by atomic mass is 10.0. The minimum absolute atomic E-state index is 0.0136. The van der Waals surface area contributed by atoms with E-state index in [1.807, 2.05) is 13.8 Å². The first-order valence-corrected chi connectivity index (χ1v) is 8.41. The van der Waals surface area contributed by atoms with Gasteiger partial charge >= 0.3 is 0 Å². The molecule has 7 heteroatoms. The minimum Gasteiger partial charge on any atom is -0.340 e. The number of nitrogens with one attached hydrogen (secondary N) is 1. The summed E-state index contributed by atoms with van der Waals surface area (Å²) in [6.07, 6.45) is 0. The Morgan fingerprint density at radius 3 is 2.12 bits per heavy atom. The zero-order valence-corrected chi connectivity index (χ0v) is 14.8. The SMILES string of the molecule is CC(=O)N1CCN(C(=O)C(NC(=O)c2ccccc2F)C(C)C)CC1. The molecule has 1 unspecified atom stereocenters. The van der Waals surface area contributed by atoms with Gasteiger partial charge in [-0.05, 0) is 18.1 Å². The molecule has 1 aliphatic heterocycles. The molecule has 1 N–H and O–H groups in total. The largest absolute Gasteiger partial charge is 0.340 e. The molecule has 1 fully saturated rings. The van der Waals surface area contributed by atoms with E-state index in [1.165, 1.54) is 25.1 Å². The molecule has 6 nitrogen and oxygen atoms in total. The van der Waals surface area contributed by atoms with E-state index in [-0.39, 0.29) is 23.3 Å². The second-order valence-corrected chi connectivity index (χ2v) is 6.51. The van der Waals surface area contributed by atoms with Crippen LogP contribution in [0.1, 0.15) is 31.1 Å². The molecule has 1 aromatic carbocycles. The van der Waals surface area contributed by atoms with Gasteiger partial charge in [0, 0.05) is 33.1 Å². The first-order valence-electron chi connectivity index (χ1n) is 8.41. The molecule has 3 amide bonds. The van der Waals surface area contributed by atoms with Gasteiger partial charge in [-0.25, -0.2) is 4.39 Å². The Balaban J connectivity index is 2.05. The van der Waals surface area contributed by atoms with Gasteiger partial charge in [0.05, 0.1) is 5.56 Å². The van der Waals surface area contributed by atoms with Gasteiger partial charge in [0.25, 0.3) is 5.91 Å². The number of nitrogens with zero attached hydrogens (tertiary/aromatic N) is 2. The van der Waals surface area contributed by atoms with Crippen LogP contribution in [0.2, 0.25) is 0 Å². The second kappa shape index (κ2) is 8.09. The molecule has 1 saturated heterocycles. The topological polar surface area (TPSA) is 69.7 Å². The third-order valence-electron chi connectivity index (χ3n) is 4.37. The lowest BCUT2D eigenvalue weighted by Gasteiger charge is -2.37. The smallest absolute Gasteiger partial charge is 0.254 e. The third kappa shape index (κ3) is 4.55. The number of carbonyl (C=O) groups excluding carboxylic acids is 3. The zero-order chi connectivity index (χ0) is 18.6. The van der Waals surface area contributed by atoms with Crippen LogP contribution in [0.25, 0.3) is 0 Å². The number of rotatable bonds is 4. The summed E-state index contributed by atoms with van der Waals surface area (Å²) in [4.78, 5) is 39.8. The number of halogens is 1. The van der Waals surface area contributed by atoms with Gasteiger partial charge in [0.1, 0.15) is 11.9 Å². The molecular weight excluding hydrogens is 325 g/mol.